The average molecular weight is 342 g/mol. The molecule has 5 nitrogen and oxygen atoms in total. The minimum absolute atomic E-state index is 0.0705. The summed E-state index contributed by atoms with van der Waals surface area (Å²) in [5.41, 5.74) is -0.205. The lowest BCUT2D eigenvalue weighted by Crippen LogP contribution is -2.42. The van der Waals surface area contributed by atoms with Crippen LogP contribution in [-0.2, 0) is 16.9 Å². The molecule has 1 aromatic heterocycles. The molecule has 22 heavy (non-hydrogen) atoms. The lowest BCUT2D eigenvalue weighted by molar-refractivity contribution is 0.0163. The molecule has 1 aliphatic carbocycles. The first-order valence-corrected chi connectivity index (χ1v) is 7.93. The third kappa shape index (κ3) is 3.43. The van der Waals surface area contributed by atoms with Crippen LogP contribution in [0, 0.1) is 0 Å². The average Bonchev–Trinajstić information content (AvgIpc) is 3.38. The van der Waals surface area contributed by atoms with Crippen LogP contribution < -0.4 is 0 Å². The summed E-state index contributed by atoms with van der Waals surface area (Å²) in [5.74, 6) is 0. The van der Waals surface area contributed by atoms with Gasteiger partial charge in [-0.2, -0.15) is 5.10 Å². The van der Waals surface area contributed by atoms with Gasteiger partial charge in [0.25, 0.3) is 0 Å². The molecule has 1 aliphatic heterocycles. The normalized spacial score (nSPS) is 24.9. The Morgan fingerprint density at radius 2 is 2.09 bits per heavy atom. The van der Waals surface area contributed by atoms with Gasteiger partial charge in [0, 0.05) is 5.02 Å². The second-order valence-corrected chi connectivity index (χ2v) is 6.60. The first kappa shape index (κ1) is 15.7. The minimum Gasteiger partial charge on any atom is -0.370 e. The van der Waals surface area contributed by atoms with Crippen molar-refractivity contribution in [1.82, 2.24) is 14.8 Å². The predicted octanol–water partition coefficient (Wildman–Crippen LogP) is 2.95. The van der Waals surface area contributed by atoms with Gasteiger partial charge < -0.3 is 9.84 Å². The summed E-state index contributed by atoms with van der Waals surface area (Å²) in [4.78, 5) is 3.82. The van der Waals surface area contributed by atoms with Crippen molar-refractivity contribution >= 4 is 23.2 Å². The van der Waals surface area contributed by atoms with Gasteiger partial charge in [0.15, 0.2) is 10.7 Å². The number of aromatic nitrogens is 3. The maximum Gasteiger partial charge on any atom is 0.193 e. The molecule has 2 unspecified atom stereocenters. The summed E-state index contributed by atoms with van der Waals surface area (Å²) in [5, 5.41) is 13.4. The maximum absolute atomic E-state index is 10.5. The highest BCUT2D eigenvalue weighted by Crippen LogP contribution is 2.51. The Bertz CT molecular complexity index is 623. The summed E-state index contributed by atoms with van der Waals surface area (Å²) in [7, 11) is 0. The van der Waals surface area contributed by atoms with Gasteiger partial charge in [-0.05, 0) is 17.7 Å². The lowest BCUT2D eigenvalue weighted by Gasteiger charge is -2.28. The first-order valence-electron chi connectivity index (χ1n) is 7.17. The Hall–Kier alpha value is -1.14. The van der Waals surface area contributed by atoms with Crippen LogP contribution in [0.3, 0.4) is 0 Å². The summed E-state index contributed by atoms with van der Waals surface area (Å²) in [6, 6.07) is 7.12. The Morgan fingerprint density at radius 3 is 2.59 bits per heavy atom. The molecule has 118 valence electrons. The Labute approximate surface area is 138 Å². The van der Waals surface area contributed by atoms with E-state index in [1.165, 1.54) is 36.6 Å². The number of rotatable bonds is 4. The largest absolute Gasteiger partial charge is 0.370 e. The third-order valence-corrected chi connectivity index (χ3v) is 4.19. The van der Waals surface area contributed by atoms with Gasteiger partial charge in [-0.15, -0.1) is 0 Å². The fourth-order valence-electron chi connectivity index (χ4n) is 2.08. The molecule has 1 saturated heterocycles. The quantitative estimate of drug-likeness (QED) is 0.685. The molecule has 1 N–H and O–H groups in total. The van der Waals surface area contributed by atoms with Crippen molar-refractivity contribution < 1.29 is 9.84 Å². The van der Waals surface area contributed by atoms with E-state index in [1.54, 1.807) is 18.2 Å². The summed E-state index contributed by atoms with van der Waals surface area (Å²) in [6.07, 6.45) is 7.37. The standard InChI is InChI=1S/C12H11Cl2N3O2.C3H6/c13-10-3-1-2-9(4-10)11(6-19-11)12(14,18)5-17-8-15-7-16-17;1-2-3-1/h1-4,7-8,18H,5-6H2;1-3H2. The zero-order valence-corrected chi connectivity index (χ0v) is 13.5. The molecule has 0 radical (unpaired) electrons. The van der Waals surface area contributed by atoms with E-state index in [9.17, 15) is 5.11 Å². The molecule has 4 rings (SSSR count). The van der Waals surface area contributed by atoms with Crippen LogP contribution in [0.5, 0.6) is 0 Å². The van der Waals surface area contributed by atoms with Crippen molar-refractivity contribution in [2.45, 2.75) is 36.5 Å². The molecule has 2 fully saturated rings. The lowest BCUT2D eigenvalue weighted by atomic mass is 9.93. The molecule has 0 bridgehead atoms. The van der Waals surface area contributed by atoms with Crippen LogP contribution in [0.2, 0.25) is 5.02 Å². The van der Waals surface area contributed by atoms with Gasteiger partial charge >= 0.3 is 0 Å². The van der Waals surface area contributed by atoms with Crippen LogP contribution in [-0.4, -0.2) is 31.5 Å². The number of hydrogen-bond acceptors (Lipinski definition) is 4. The van der Waals surface area contributed by atoms with Crippen LogP contribution in [0.15, 0.2) is 36.9 Å². The van der Waals surface area contributed by atoms with E-state index in [0.29, 0.717) is 11.6 Å². The molecule has 2 aromatic rings. The monoisotopic (exact) mass is 341 g/mol. The second kappa shape index (κ2) is 6.16. The van der Waals surface area contributed by atoms with Gasteiger partial charge in [0.05, 0.1) is 13.2 Å². The fraction of sp³-hybridized carbons (Fsp3) is 0.467. The van der Waals surface area contributed by atoms with E-state index in [4.69, 9.17) is 27.9 Å². The molecule has 2 aliphatic rings. The summed E-state index contributed by atoms with van der Waals surface area (Å²) >= 11 is 12.2. The number of ether oxygens (including phenoxy) is 1. The number of aliphatic hydroxyl groups is 1. The number of hydrogen-bond donors (Lipinski definition) is 1. The molecular formula is C15H17Cl2N3O2. The Balaban J connectivity index is 0.000000429. The van der Waals surface area contributed by atoms with Gasteiger partial charge in [-0.25, -0.2) is 9.67 Å². The van der Waals surface area contributed by atoms with Crippen molar-refractivity contribution in [3.05, 3.63) is 47.5 Å². The van der Waals surface area contributed by atoms with E-state index in [0.717, 1.165) is 5.56 Å². The highest BCUT2D eigenvalue weighted by molar-refractivity contribution is 6.30. The zero-order chi connectivity index (χ0) is 15.6. The Morgan fingerprint density at radius 1 is 1.36 bits per heavy atom. The summed E-state index contributed by atoms with van der Waals surface area (Å²) in [6.45, 7) is 0.406. The molecule has 2 atom stereocenters. The smallest absolute Gasteiger partial charge is 0.193 e. The van der Waals surface area contributed by atoms with Crippen LogP contribution in [0.4, 0.5) is 0 Å². The van der Waals surface area contributed by atoms with Crippen LogP contribution in [0.25, 0.3) is 0 Å². The van der Waals surface area contributed by atoms with Crippen molar-refractivity contribution in [3.63, 3.8) is 0 Å². The maximum atomic E-state index is 10.5. The highest BCUT2D eigenvalue weighted by atomic mass is 35.5. The molecular weight excluding hydrogens is 325 g/mol. The predicted molar refractivity (Wildman–Crippen MR) is 83.8 cm³/mol. The number of epoxide rings is 1. The van der Waals surface area contributed by atoms with Gasteiger partial charge in [-0.1, -0.05) is 54.6 Å². The Kier molecular flexibility index (Phi) is 4.41. The van der Waals surface area contributed by atoms with Crippen LogP contribution in [0.1, 0.15) is 24.8 Å². The van der Waals surface area contributed by atoms with Gasteiger partial charge in [0.2, 0.25) is 0 Å². The van der Waals surface area contributed by atoms with E-state index >= 15 is 0 Å². The van der Waals surface area contributed by atoms with Crippen molar-refractivity contribution in [3.8, 4) is 0 Å². The van der Waals surface area contributed by atoms with Crippen molar-refractivity contribution in [2.24, 2.45) is 0 Å². The topological polar surface area (TPSA) is 63.5 Å². The second-order valence-electron chi connectivity index (χ2n) is 5.54. The van der Waals surface area contributed by atoms with E-state index in [1.807, 2.05) is 6.07 Å². The fourth-order valence-corrected chi connectivity index (χ4v) is 2.61. The van der Waals surface area contributed by atoms with E-state index in [2.05, 4.69) is 10.1 Å². The molecule has 0 amide bonds. The van der Waals surface area contributed by atoms with Gasteiger partial charge in [-0.3, -0.25) is 0 Å². The van der Waals surface area contributed by atoms with E-state index in [-0.39, 0.29) is 6.54 Å². The number of halogens is 2. The molecule has 2 heterocycles. The number of nitrogens with zero attached hydrogens (tertiary/aromatic N) is 3. The van der Waals surface area contributed by atoms with Crippen LogP contribution >= 0.6 is 23.2 Å². The molecule has 0 spiro atoms. The molecule has 1 saturated carbocycles. The van der Waals surface area contributed by atoms with Gasteiger partial charge in [0.1, 0.15) is 12.7 Å². The molecule has 1 aromatic carbocycles. The number of benzene rings is 1. The van der Waals surface area contributed by atoms with E-state index < -0.39 is 10.7 Å². The zero-order valence-electron chi connectivity index (χ0n) is 12.0. The minimum atomic E-state index is -1.62. The summed E-state index contributed by atoms with van der Waals surface area (Å²) < 4.78 is 6.91. The number of alkyl halides is 1. The molecule has 7 heteroatoms. The van der Waals surface area contributed by atoms with Crippen molar-refractivity contribution in [2.75, 3.05) is 6.61 Å². The first-order chi connectivity index (χ1) is 10.5. The van der Waals surface area contributed by atoms with Crippen molar-refractivity contribution in [1.29, 1.82) is 0 Å². The third-order valence-electron chi connectivity index (χ3n) is 3.53. The highest BCUT2D eigenvalue weighted by Gasteiger charge is 2.62. The SMILES string of the molecule is C1CC1.OC(Cl)(Cn1cncn1)C1(c2cccc(Cl)c2)CO1.